The maximum Gasteiger partial charge on any atom is 0.0465 e. The summed E-state index contributed by atoms with van der Waals surface area (Å²) in [5.74, 6) is 0. The number of hydrogen-bond donors (Lipinski definition) is 0. The van der Waals surface area contributed by atoms with Crippen LogP contribution in [0, 0.1) is 0 Å². The molecule has 0 spiro atoms. The third-order valence-corrected chi connectivity index (χ3v) is 11.1. The fraction of sp³-hybridized carbons (Fsp3) is 0.143. The van der Waals surface area contributed by atoms with Crippen LogP contribution in [-0.2, 0) is 18.3 Å². The molecule has 0 amide bonds. The Kier molecular flexibility index (Phi) is 7.50. The summed E-state index contributed by atoms with van der Waals surface area (Å²) in [6.45, 7) is 4.76. The number of nitrogens with zero attached hydrogens (tertiary/aromatic N) is 1. The second kappa shape index (κ2) is 12.3. The monoisotopic (exact) mass is 643 g/mol. The molecule has 0 unspecified atom stereocenters. The molecule has 0 N–H and O–H groups in total. The van der Waals surface area contributed by atoms with E-state index in [9.17, 15) is 0 Å². The summed E-state index contributed by atoms with van der Waals surface area (Å²) in [5, 5.41) is 0. The number of aryl methyl sites for hydroxylation is 2. The molecular formula is C49H41N. The molecule has 50 heavy (non-hydrogen) atoms. The van der Waals surface area contributed by atoms with Crippen LogP contribution in [0.1, 0.15) is 48.9 Å². The minimum atomic E-state index is -0.134. The molecule has 7 aromatic rings. The Labute approximate surface area is 296 Å². The van der Waals surface area contributed by atoms with Crippen molar-refractivity contribution in [2.75, 3.05) is 4.90 Å². The van der Waals surface area contributed by atoms with Gasteiger partial charge < -0.3 is 4.90 Å². The van der Waals surface area contributed by atoms with Crippen molar-refractivity contribution < 1.29 is 0 Å². The van der Waals surface area contributed by atoms with Crippen LogP contribution < -0.4 is 4.90 Å². The Morgan fingerprint density at radius 3 is 1.64 bits per heavy atom. The van der Waals surface area contributed by atoms with E-state index in [1.807, 2.05) is 0 Å². The SMILES string of the molecule is CC1(C)c2cc(N(c3ccc(-c4ccccc4)cc3)c3ccc(-c4ccc5c(c4)CCCC5)cc3)ccc2-c2c(-c3ccccc3)cccc21. The van der Waals surface area contributed by atoms with Gasteiger partial charge in [-0.3, -0.25) is 0 Å². The summed E-state index contributed by atoms with van der Waals surface area (Å²) in [5.41, 5.74) is 19.4. The van der Waals surface area contributed by atoms with E-state index in [0.717, 1.165) is 11.4 Å². The van der Waals surface area contributed by atoms with Crippen LogP contribution in [0.2, 0.25) is 0 Å². The van der Waals surface area contributed by atoms with Gasteiger partial charge in [0.25, 0.3) is 0 Å². The van der Waals surface area contributed by atoms with Crippen LogP contribution in [0.4, 0.5) is 17.1 Å². The molecule has 1 nitrogen and oxygen atoms in total. The quantitative estimate of drug-likeness (QED) is 0.174. The van der Waals surface area contributed by atoms with Gasteiger partial charge in [0.05, 0.1) is 0 Å². The fourth-order valence-corrected chi connectivity index (χ4v) is 8.37. The maximum atomic E-state index is 2.44. The van der Waals surface area contributed by atoms with Crippen molar-refractivity contribution in [1.82, 2.24) is 0 Å². The zero-order chi connectivity index (χ0) is 33.7. The molecule has 0 atom stereocenters. The van der Waals surface area contributed by atoms with Crippen LogP contribution in [-0.4, -0.2) is 0 Å². The Balaban J connectivity index is 1.15. The van der Waals surface area contributed by atoms with Gasteiger partial charge in [-0.15, -0.1) is 0 Å². The van der Waals surface area contributed by atoms with Crippen molar-refractivity contribution in [1.29, 1.82) is 0 Å². The van der Waals surface area contributed by atoms with E-state index in [4.69, 9.17) is 0 Å². The fourth-order valence-electron chi connectivity index (χ4n) is 8.37. The largest absolute Gasteiger partial charge is 0.310 e. The average Bonchev–Trinajstić information content (AvgIpc) is 3.41. The Morgan fingerprint density at radius 2 is 0.960 bits per heavy atom. The minimum absolute atomic E-state index is 0.134. The average molecular weight is 644 g/mol. The van der Waals surface area contributed by atoms with Crippen molar-refractivity contribution in [3.63, 3.8) is 0 Å². The molecule has 0 saturated heterocycles. The molecule has 2 aliphatic rings. The third-order valence-electron chi connectivity index (χ3n) is 11.1. The molecule has 0 bridgehead atoms. The molecule has 9 rings (SSSR count). The summed E-state index contributed by atoms with van der Waals surface area (Å²) in [7, 11) is 0. The second-order valence-corrected chi connectivity index (χ2v) is 14.4. The molecule has 0 aliphatic heterocycles. The van der Waals surface area contributed by atoms with Crippen molar-refractivity contribution in [3.8, 4) is 44.5 Å². The zero-order valence-corrected chi connectivity index (χ0v) is 28.9. The van der Waals surface area contributed by atoms with Gasteiger partial charge in [-0.25, -0.2) is 0 Å². The van der Waals surface area contributed by atoms with Crippen molar-refractivity contribution >= 4 is 17.1 Å². The third kappa shape index (κ3) is 5.26. The van der Waals surface area contributed by atoms with Gasteiger partial charge in [0.2, 0.25) is 0 Å². The van der Waals surface area contributed by atoms with E-state index < -0.39 is 0 Å². The van der Waals surface area contributed by atoms with Gasteiger partial charge in [-0.2, -0.15) is 0 Å². The van der Waals surface area contributed by atoms with Gasteiger partial charge >= 0.3 is 0 Å². The lowest BCUT2D eigenvalue weighted by Crippen LogP contribution is -2.16. The standard InChI is InChI=1S/C49H41N/c1-49(2)46-19-11-18-44(38-15-7-4-8-16-38)48(46)45-31-30-43(33-47(45)49)50(41-26-22-36(23-27-41)34-12-5-3-6-13-34)42-28-24-37(25-29-42)40-21-20-35-14-9-10-17-39(35)32-40/h3-8,11-13,15-16,18-33H,9-10,14,17H2,1-2H3. The first-order chi connectivity index (χ1) is 24.5. The number of benzene rings is 7. The lowest BCUT2D eigenvalue weighted by Gasteiger charge is -2.28. The van der Waals surface area contributed by atoms with Gasteiger partial charge in [0, 0.05) is 22.5 Å². The normalized spacial score (nSPS) is 14.0. The molecule has 2 aliphatic carbocycles. The van der Waals surface area contributed by atoms with Gasteiger partial charge in [0.1, 0.15) is 0 Å². The lowest BCUT2D eigenvalue weighted by molar-refractivity contribution is 0.660. The lowest BCUT2D eigenvalue weighted by atomic mass is 9.81. The zero-order valence-electron chi connectivity index (χ0n) is 28.9. The Morgan fingerprint density at radius 1 is 0.400 bits per heavy atom. The smallest absolute Gasteiger partial charge is 0.0465 e. The molecule has 0 heterocycles. The molecule has 0 saturated carbocycles. The van der Waals surface area contributed by atoms with Gasteiger partial charge in [0.15, 0.2) is 0 Å². The molecule has 0 aromatic heterocycles. The molecular weight excluding hydrogens is 603 g/mol. The Hall–Kier alpha value is -5.66. The summed E-state index contributed by atoms with van der Waals surface area (Å²) in [6.07, 6.45) is 5.01. The molecule has 0 radical (unpaired) electrons. The summed E-state index contributed by atoms with van der Waals surface area (Å²) < 4.78 is 0. The summed E-state index contributed by atoms with van der Waals surface area (Å²) in [4.78, 5) is 2.42. The van der Waals surface area contributed by atoms with Crippen LogP contribution in [0.15, 0.2) is 164 Å². The van der Waals surface area contributed by atoms with E-state index in [-0.39, 0.29) is 5.41 Å². The predicted octanol–water partition coefficient (Wildman–Crippen LogP) is 13.3. The first-order valence-corrected chi connectivity index (χ1v) is 18.1. The van der Waals surface area contributed by atoms with E-state index in [1.54, 1.807) is 0 Å². The Bertz CT molecular complexity index is 2310. The minimum Gasteiger partial charge on any atom is -0.310 e. The molecule has 1 heteroatoms. The van der Waals surface area contributed by atoms with Crippen molar-refractivity contribution in [2.45, 2.75) is 44.9 Å². The van der Waals surface area contributed by atoms with Gasteiger partial charge in [-0.05, 0) is 129 Å². The van der Waals surface area contributed by atoms with Crippen LogP contribution in [0.5, 0.6) is 0 Å². The van der Waals surface area contributed by atoms with E-state index >= 15 is 0 Å². The van der Waals surface area contributed by atoms with Crippen molar-refractivity contribution in [3.05, 3.63) is 186 Å². The summed E-state index contributed by atoms with van der Waals surface area (Å²) >= 11 is 0. The molecule has 242 valence electrons. The van der Waals surface area contributed by atoms with Crippen LogP contribution >= 0.6 is 0 Å². The highest BCUT2D eigenvalue weighted by Crippen LogP contribution is 2.53. The number of anilines is 3. The van der Waals surface area contributed by atoms with Crippen LogP contribution in [0.3, 0.4) is 0 Å². The molecule has 7 aromatic carbocycles. The predicted molar refractivity (Wildman–Crippen MR) is 212 cm³/mol. The van der Waals surface area contributed by atoms with Gasteiger partial charge in [-0.1, -0.05) is 141 Å². The highest BCUT2D eigenvalue weighted by Gasteiger charge is 2.37. The van der Waals surface area contributed by atoms with E-state index in [2.05, 4.69) is 183 Å². The highest BCUT2D eigenvalue weighted by molar-refractivity contribution is 5.94. The number of hydrogen-bond acceptors (Lipinski definition) is 1. The van der Waals surface area contributed by atoms with Crippen LogP contribution in [0.25, 0.3) is 44.5 Å². The van der Waals surface area contributed by atoms with E-state index in [1.165, 1.54) is 98.1 Å². The summed E-state index contributed by atoms with van der Waals surface area (Å²) in [6, 6.07) is 60.7. The topological polar surface area (TPSA) is 3.24 Å². The molecule has 0 fully saturated rings. The van der Waals surface area contributed by atoms with Crippen molar-refractivity contribution in [2.24, 2.45) is 0 Å². The first-order valence-electron chi connectivity index (χ1n) is 18.1. The van der Waals surface area contributed by atoms with E-state index in [0.29, 0.717) is 0 Å². The maximum absolute atomic E-state index is 2.44. The second-order valence-electron chi connectivity index (χ2n) is 14.4. The number of rotatable bonds is 6. The number of fused-ring (bicyclic) bond motifs is 4. The highest BCUT2D eigenvalue weighted by atomic mass is 15.1. The first kappa shape index (κ1) is 30.4.